The van der Waals surface area contributed by atoms with Crippen LogP contribution in [0.5, 0.6) is 0 Å². The number of esters is 1. The van der Waals surface area contributed by atoms with E-state index in [0.717, 1.165) is 5.56 Å². The summed E-state index contributed by atoms with van der Waals surface area (Å²) >= 11 is 0. The van der Waals surface area contributed by atoms with Gasteiger partial charge in [0.05, 0.1) is 12.2 Å². The topological polar surface area (TPSA) is 76.0 Å². The van der Waals surface area contributed by atoms with Gasteiger partial charge in [-0.3, -0.25) is 0 Å². The summed E-state index contributed by atoms with van der Waals surface area (Å²) in [5, 5.41) is 20.3. The molecule has 2 N–H and O–H groups in total. The summed E-state index contributed by atoms with van der Waals surface area (Å²) < 4.78 is 11.1. The maximum absolute atomic E-state index is 11.2. The highest BCUT2D eigenvalue weighted by atomic mass is 16.5. The number of cyclic esters (lactones) is 1. The van der Waals surface area contributed by atoms with E-state index >= 15 is 0 Å². The largest absolute Gasteiger partial charge is 0.455 e. The van der Waals surface area contributed by atoms with Gasteiger partial charge in [-0.05, 0) is 18.1 Å². The van der Waals surface area contributed by atoms with Crippen LogP contribution < -0.4 is 0 Å². The first kappa shape index (κ1) is 18.6. The van der Waals surface area contributed by atoms with E-state index in [2.05, 4.69) is 0 Å². The maximum Gasteiger partial charge on any atom is 0.331 e. The molecule has 5 atom stereocenters. The molecule has 0 radical (unpaired) electrons. The molecule has 0 amide bonds. The number of ether oxygens (including phenoxy) is 2. The number of hydrogen-bond donors (Lipinski definition) is 2. The first-order valence-electron chi connectivity index (χ1n) is 8.90. The Hall–Kier alpha value is -2.21. The highest BCUT2D eigenvalue weighted by Gasteiger charge is 2.34. The van der Waals surface area contributed by atoms with E-state index in [1.165, 1.54) is 6.08 Å². The molecule has 1 fully saturated rings. The van der Waals surface area contributed by atoms with Crippen molar-refractivity contribution < 1.29 is 24.5 Å². The van der Waals surface area contributed by atoms with E-state index in [9.17, 15) is 15.0 Å². The van der Waals surface area contributed by atoms with Crippen LogP contribution in [0.1, 0.15) is 24.8 Å². The molecule has 26 heavy (non-hydrogen) atoms. The lowest BCUT2D eigenvalue weighted by molar-refractivity contribution is -0.149. The molecule has 1 aromatic rings. The minimum Gasteiger partial charge on any atom is -0.455 e. The number of benzene rings is 1. The molecule has 2 aliphatic heterocycles. The standard InChI is InChI=1S/C21H24O5/c22-18-14-17(10-4-8-16-9-5-11-20(23)26-16)25-19(21(18)24)13-12-15-6-2-1-3-7-15/h1-8,11-13,16-19,21-22,24H,9-10,14H2/t16-,17-,18-,19-,21-/m1/s1. The maximum atomic E-state index is 11.2. The second kappa shape index (κ2) is 8.94. The van der Waals surface area contributed by atoms with Crippen LogP contribution in [0.25, 0.3) is 6.08 Å². The molecule has 1 saturated heterocycles. The normalized spacial score (nSPS) is 32.2. The van der Waals surface area contributed by atoms with Gasteiger partial charge in [0.15, 0.2) is 0 Å². The van der Waals surface area contributed by atoms with E-state index in [1.54, 1.807) is 12.2 Å². The zero-order chi connectivity index (χ0) is 18.4. The molecule has 0 aliphatic carbocycles. The van der Waals surface area contributed by atoms with Crippen LogP contribution >= 0.6 is 0 Å². The van der Waals surface area contributed by atoms with Crippen molar-refractivity contribution in [2.24, 2.45) is 0 Å². The van der Waals surface area contributed by atoms with Gasteiger partial charge in [-0.1, -0.05) is 54.6 Å². The molecule has 0 aromatic heterocycles. The van der Waals surface area contributed by atoms with Crippen LogP contribution in [0.2, 0.25) is 0 Å². The average Bonchev–Trinajstić information content (AvgIpc) is 2.64. The second-order valence-electron chi connectivity index (χ2n) is 6.56. The summed E-state index contributed by atoms with van der Waals surface area (Å²) in [6, 6.07) is 9.74. The minimum absolute atomic E-state index is 0.204. The van der Waals surface area contributed by atoms with Gasteiger partial charge in [-0.2, -0.15) is 0 Å². The van der Waals surface area contributed by atoms with Crippen molar-refractivity contribution in [3.63, 3.8) is 0 Å². The highest BCUT2D eigenvalue weighted by molar-refractivity contribution is 5.82. The smallest absolute Gasteiger partial charge is 0.331 e. The third kappa shape index (κ3) is 5.14. The van der Waals surface area contributed by atoms with Crippen molar-refractivity contribution in [3.05, 3.63) is 66.3 Å². The third-order valence-electron chi connectivity index (χ3n) is 4.50. The van der Waals surface area contributed by atoms with Crippen molar-refractivity contribution in [3.8, 4) is 0 Å². The Morgan fingerprint density at radius 3 is 2.73 bits per heavy atom. The Kier molecular flexibility index (Phi) is 6.39. The number of carbonyl (C=O) groups is 1. The zero-order valence-electron chi connectivity index (χ0n) is 14.5. The van der Waals surface area contributed by atoms with Crippen LogP contribution in [-0.2, 0) is 14.3 Å². The number of hydrogen-bond acceptors (Lipinski definition) is 5. The summed E-state index contributed by atoms with van der Waals surface area (Å²) in [6.07, 6.45) is 9.46. The number of rotatable bonds is 5. The lowest BCUT2D eigenvalue weighted by Gasteiger charge is -2.35. The van der Waals surface area contributed by atoms with E-state index in [-0.39, 0.29) is 18.2 Å². The summed E-state index contributed by atoms with van der Waals surface area (Å²) in [5.41, 5.74) is 1.01. The Labute approximate surface area is 153 Å². The van der Waals surface area contributed by atoms with E-state index < -0.39 is 18.3 Å². The lowest BCUT2D eigenvalue weighted by atomic mass is 9.95. The SMILES string of the molecule is O=C1C=CC[C@@H](C=CC[C@@H]2C[C@@H](O)[C@@H](O)[C@@H](C=Cc3ccccc3)O2)O1. The zero-order valence-corrected chi connectivity index (χ0v) is 14.5. The van der Waals surface area contributed by atoms with Gasteiger partial charge in [-0.15, -0.1) is 0 Å². The van der Waals surface area contributed by atoms with Gasteiger partial charge in [0.2, 0.25) is 0 Å². The van der Waals surface area contributed by atoms with Crippen molar-refractivity contribution >= 4 is 12.0 Å². The fraction of sp³-hybridized carbons (Fsp3) is 0.381. The summed E-state index contributed by atoms with van der Waals surface area (Å²) in [5.74, 6) is -0.329. The third-order valence-corrected chi connectivity index (χ3v) is 4.50. The predicted molar refractivity (Wildman–Crippen MR) is 98.2 cm³/mol. The van der Waals surface area contributed by atoms with Gasteiger partial charge in [0.25, 0.3) is 0 Å². The predicted octanol–water partition coefficient (Wildman–Crippen LogP) is 2.40. The summed E-state index contributed by atoms with van der Waals surface area (Å²) in [4.78, 5) is 11.2. The first-order valence-corrected chi connectivity index (χ1v) is 8.90. The van der Waals surface area contributed by atoms with Gasteiger partial charge in [0, 0.05) is 18.9 Å². The molecule has 1 aromatic carbocycles. The highest BCUT2D eigenvalue weighted by Crippen LogP contribution is 2.24. The van der Waals surface area contributed by atoms with Crippen molar-refractivity contribution in [2.75, 3.05) is 0 Å². The number of aliphatic hydroxyl groups is 2. The Morgan fingerprint density at radius 2 is 1.96 bits per heavy atom. The molecule has 0 saturated carbocycles. The molecule has 138 valence electrons. The fourth-order valence-electron chi connectivity index (χ4n) is 3.10. The van der Waals surface area contributed by atoms with Crippen LogP contribution in [0.4, 0.5) is 0 Å². The monoisotopic (exact) mass is 356 g/mol. The van der Waals surface area contributed by atoms with E-state index in [0.29, 0.717) is 19.3 Å². The lowest BCUT2D eigenvalue weighted by Crippen LogP contribution is -2.47. The summed E-state index contributed by atoms with van der Waals surface area (Å²) in [7, 11) is 0. The summed E-state index contributed by atoms with van der Waals surface area (Å²) in [6.45, 7) is 0. The average molecular weight is 356 g/mol. The molecule has 0 spiro atoms. The van der Waals surface area contributed by atoms with Gasteiger partial charge >= 0.3 is 5.97 Å². The van der Waals surface area contributed by atoms with Crippen LogP contribution in [0.15, 0.2) is 60.7 Å². The molecular formula is C21H24O5. The van der Waals surface area contributed by atoms with Crippen LogP contribution in [0, 0.1) is 0 Å². The van der Waals surface area contributed by atoms with Crippen LogP contribution in [-0.4, -0.2) is 46.7 Å². The molecule has 5 nitrogen and oxygen atoms in total. The Morgan fingerprint density at radius 1 is 1.15 bits per heavy atom. The molecule has 0 bridgehead atoms. The quantitative estimate of drug-likeness (QED) is 0.626. The van der Waals surface area contributed by atoms with Crippen molar-refractivity contribution in [2.45, 2.75) is 49.8 Å². The first-order chi connectivity index (χ1) is 12.6. The van der Waals surface area contributed by atoms with E-state index in [4.69, 9.17) is 9.47 Å². The number of aliphatic hydroxyl groups excluding tert-OH is 2. The van der Waals surface area contributed by atoms with Crippen molar-refractivity contribution in [1.29, 1.82) is 0 Å². The molecule has 2 aliphatic rings. The minimum atomic E-state index is -0.945. The Balaban J connectivity index is 1.56. The van der Waals surface area contributed by atoms with E-state index in [1.807, 2.05) is 48.6 Å². The Bertz CT molecular complexity index is 679. The second-order valence-corrected chi connectivity index (χ2v) is 6.56. The molecular weight excluding hydrogens is 332 g/mol. The molecule has 0 unspecified atom stereocenters. The molecule has 5 heteroatoms. The van der Waals surface area contributed by atoms with Gasteiger partial charge < -0.3 is 19.7 Å². The number of carbonyl (C=O) groups excluding carboxylic acids is 1. The van der Waals surface area contributed by atoms with Gasteiger partial charge in [-0.25, -0.2) is 4.79 Å². The van der Waals surface area contributed by atoms with Crippen molar-refractivity contribution in [1.82, 2.24) is 0 Å². The van der Waals surface area contributed by atoms with Gasteiger partial charge in [0.1, 0.15) is 18.3 Å². The fourth-order valence-corrected chi connectivity index (χ4v) is 3.10. The van der Waals surface area contributed by atoms with Crippen LogP contribution in [0.3, 0.4) is 0 Å². The molecule has 3 rings (SSSR count). The molecule has 2 heterocycles.